The zero-order chi connectivity index (χ0) is 10.3. The Morgan fingerprint density at radius 2 is 2.13 bits per heavy atom. The van der Waals surface area contributed by atoms with Crippen molar-refractivity contribution in [3.05, 3.63) is 29.6 Å². The minimum Gasteiger partial charge on any atom is -0.766 e. The number of benzene rings is 1. The van der Waals surface area contributed by atoms with Gasteiger partial charge in [-0.15, -0.1) is 0 Å². The van der Waals surface area contributed by atoms with Crippen LogP contribution < -0.4 is 29.6 Å². The van der Waals surface area contributed by atoms with Crippen LogP contribution in [0.25, 0.3) is 11.0 Å². The van der Waals surface area contributed by atoms with E-state index in [1.54, 1.807) is 6.92 Å². The largest absolute Gasteiger partial charge is 1.00 e. The first-order chi connectivity index (χ1) is 6.59. The average molecular weight is 236 g/mol. The zero-order valence-electron chi connectivity index (χ0n) is 8.24. The zero-order valence-corrected chi connectivity index (χ0v) is 11.1. The van der Waals surface area contributed by atoms with Crippen LogP contribution in [0, 0.1) is 12.7 Å². The fourth-order valence-corrected chi connectivity index (χ4v) is 1.85. The molecule has 1 atom stereocenters. The Morgan fingerprint density at radius 3 is 2.73 bits per heavy atom. The van der Waals surface area contributed by atoms with Gasteiger partial charge in [0, 0.05) is 22.0 Å². The van der Waals surface area contributed by atoms with E-state index < -0.39 is 16.9 Å². The molecule has 1 heterocycles. The van der Waals surface area contributed by atoms with Crippen LogP contribution in [0.3, 0.4) is 0 Å². The van der Waals surface area contributed by atoms with Gasteiger partial charge in [0.25, 0.3) is 0 Å². The maximum Gasteiger partial charge on any atom is 1.00 e. The molecule has 1 aromatic carbocycles. The Morgan fingerprint density at radius 1 is 1.47 bits per heavy atom. The normalized spacial score (nSPS) is 12.5. The Labute approximate surface area is 110 Å². The van der Waals surface area contributed by atoms with Crippen molar-refractivity contribution in [2.45, 2.75) is 12.0 Å². The van der Waals surface area contributed by atoms with Crippen LogP contribution in [0.2, 0.25) is 0 Å². The molecule has 1 unspecified atom stereocenters. The smallest absolute Gasteiger partial charge is 0.766 e. The van der Waals surface area contributed by atoms with Crippen molar-refractivity contribution in [1.29, 1.82) is 0 Å². The molecule has 2 aromatic rings. The van der Waals surface area contributed by atoms with Crippen molar-refractivity contribution >= 4 is 22.0 Å². The van der Waals surface area contributed by atoms with E-state index in [2.05, 4.69) is 0 Å². The van der Waals surface area contributed by atoms with Gasteiger partial charge in [0.1, 0.15) is 11.4 Å². The molecule has 0 aliphatic heterocycles. The molecule has 6 heteroatoms. The minimum absolute atomic E-state index is 0. The first kappa shape index (κ1) is 12.9. The maximum absolute atomic E-state index is 12.8. The van der Waals surface area contributed by atoms with E-state index in [-0.39, 0.29) is 34.6 Å². The standard InChI is InChI=1S/C9H7FO3S.Na/c1-5-7-4-6(10)2-3-8(7)13-9(5)14(11)12;/h2-4H,1H3,(H,11,12);/q;+1/p-1. The van der Waals surface area contributed by atoms with Crippen LogP contribution in [-0.4, -0.2) is 8.76 Å². The molecule has 0 fully saturated rings. The van der Waals surface area contributed by atoms with Gasteiger partial charge in [0.2, 0.25) is 0 Å². The molecule has 0 bridgehead atoms. The number of aryl methyl sites for hydroxylation is 1. The van der Waals surface area contributed by atoms with Gasteiger partial charge in [-0.05, 0) is 25.1 Å². The van der Waals surface area contributed by atoms with Gasteiger partial charge in [-0.25, -0.2) is 4.39 Å². The summed E-state index contributed by atoms with van der Waals surface area (Å²) in [6.07, 6.45) is 0. The van der Waals surface area contributed by atoms with E-state index in [0.29, 0.717) is 16.5 Å². The summed E-state index contributed by atoms with van der Waals surface area (Å²) in [4.78, 5) is 0. The summed E-state index contributed by atoms with van der Waals surface area (Å²) < 4.78 is 39.2. The molecule has 0 aliphatic rings. The molecule has 2 rings (SSSR count). The van der Waals surface area contributed by atoms with Crippen LogP contribution >= 0.6 is 0 Å². The molecule has 0 saturated heterocycles. The predicted octanol–water partition coefficient (Wildman–Crippen LogP) is -0.878. The summed E-state index contributed by atoms with van der Waals surface area (Å²) in [7, 11) is 0. The van der Waals surface area contributed by atoms with Gasteiger partial charge in [-0.1, -0.05) is 0 Å². The van der Waals surface area contributed by atoms with Crippen molar-refractivity contribution in [2.24, 2.45) is 0 Å². The monoisotopic (exact) mass is 236 g/mol. The summed E-state index contributed by atoms with van der Waals surface area (Å²) in [5, 5.41) is 0.356. The van der Waals surface area contributed by atoms with E-state index in [4.69, 9.17) is 4.42 Å². The first-order valence-electron chi connectivity index (χ1n) is 3.87. The van der Waals surface area contributed by atoms with E-state index in [1.165, 1.54) is 18.2 Å². The summed E-state index contributed by atoms with van der Waals surface area (Å²) in [5.74, 6) is -0.412. The van der Waals surface area contributed by atoms with E-state index in [0.717, 1.165) is 0 Å². The SMILES string of the molecule is Cc1c(S(=O)[O-])oc2ccc(F)cc12.[Na+]. The number of furan rings is 1. The van der Waals surface area contributed by atoms with Crippen LogP contribution in [0.1, 0.15) is 5.56 Å². The molecule has 0 amide bonds. The van der Waals surface area contributed by atoms with Crippen molar-refractivity contribution in [3.8, 4) is 0 Å². The van der Waals surface area contributed by atoms with Crippen molar-refractivity contribution < 1.29 is 47.1 Å². The number of hydrogen-bond donors (Lipinski definition) is 0. The Hall–Kier alpha value is -0.200. The molecule has 15 heavy (non-hydrogen) atoms. The molecule has 0 radical (unpaired) electrons. The third kappa shape index (κ3) is 2.32. The second kappa shape index (κ2) is 4.76. The second-order valence-electron chi connectivity index (χ2n) is 2.89. The minimum atomic E-state index is -2.42. The molecule has 1 aromatic heterocycles. The second-order valence-corrected chi connectivity index (χ2v) is 3.73. The van der Waals surface area contributed by atoms with Crippen LogP contribution in [0.5, 0.6) is 0 Å². The fourth-order valence-electron chi connectivity index (χ4n) is 1.33. The summed E-state index contributed by atoms with van der Waals surface area (Å²) >= 11 is -2.42. The van der Waals surface area contributed by atoms with E-state index >= 15 is 0 Å². The van der Waals surface area contributed by atoms with Gasteiger partial charge in [0.05, 0.1) is 0 Å². The van der Waals surface area contributed by atoms with Gasteiger partial charge in [-0.3, -0.25) is 4.21 Å². The van der Waals surface area contributed by atoms with Crippen LogP contribution in [0.15, 0.2) is 27.7 Å². The summed E-state index contributed by atoms with van der Waals surface area (Å²) in [6.45, 7) is 1.58. The molecular formula is C9H6FNaO3S. The Bertz CT molecular complexity index is 523. The van der Waals surface area contributed by atoms with Crippen molar-refractivity contribution in [2.75, 3.05) is 0 Å². The van der Waals surface area contributed by atoms with Gasteiger partial charge in [-0.2, -0.15) is 0 Å². The average Bonchev–Trinajstić information content (AvgIpc) is 2.44. The summed E-state index contributed by atoms with van der Waals surface area (Å²) in [5.41, 5.74) is 0.816. The number of halogens is 1. The molecule has 0 N–H and O–H groups in total. The van der Waals surface area contributed by atoms with Crippen LogP contribution in [0.4, 0.5) is 4.39 Å². The molecule has 74 valence electrons. The predicted molar refractivity (Wildman–Crippen MR) is 48.1 cm³/mol. The third-order valence-corrected chi connectivity index (χ3v) is 2.70. The Balaban J connectivity index is 0.00000112. The number of hydrogen-bond acceptors (Lipinski definition) is 3. The third-order valence-electron chi connectivity index (χ3n) is 2.01. The molecular weight excluding hydrogens is 230 g/mol. The van der Waals surface area contributed by atoms with E-state index in [1.807, 2.05) is 0 Å². The summed E-state index contributed by atoms with van der Waals surface area (Å²) in [6, 6.07) is 3.89. The molecule has 0 aliphatic carbocycles. The fraction of sp³-hybridized carbons (Fsp3) is 0.111. The van der Waals surface area contributed by atoms with E-state index in [9.17, 15) is 13.2 Å². The molecule has 0 spiro atoms. The molecule has 3 nitrogen and oxygen atoms in total. The first-order valence-corrected chi connectivity index (χ1v) is 4.95. The van der Waals surface area contributed by atoms with Gasteiger partial charge in [0.15, 0.2) is 5.09 Å². The topological polar surface area (TPSA) is 53.3 Å². The maximum atomic E-state index is 12.8. The van der Waals surface area contributed by atoms with Crippen molar-refractivity contribution in [1.82, 2.24) is 0 Å². The number of rotatable bonds is 1. The van der Waals surface area contributed by atoms with Gasteiger partial charge >= 0.3 is 29.6 Å². The Kier molecular flexibility index (Phi) is 4.08. The van der Waals surface area contributed by atoms with Crippen molar-refractivity contribution in [3.63, 3.8) is 0 Å². The van der Waals surface area contributed by atoms with Gasteiger partial charge < -0.3 is 8.97 Å². The number of fused-ring (bicyclic) bond motifs is 1. The molecule has 0 saturated carbocycles. The quantitative estimate of drug-likeness (QED) is 0.477. The van der Waals surface area contributed by atoms with Crippen LogP contribution in [-0.2, 0) is 11.1 Å².